The van der Waals surface area contributed by atoms with Gasteiger partial charge in [0.15, 0.2) is 6.10 Å². The average molecular weight is 578 g/mol. The second-order valence-corrected chi connectivity index (χ2v) is 9.29. The minimum absolute atomic E-state index is 0.0464. The van der Waals surface area contributed by atoms with Gasteiger partial charge in [0, 0.05) is 6.54 Å². The van der Waals surface area contributed by atoms with Crippen molar-refractivity contribution in [3.8, 4) is 5.75 Å². The number of rotatable bonds is 6. The van der Waals surface area contributed by atoms with E-state index in [0.717, 1.165) is 24.3 Å². The first kappa shape index (κ1) is 29.4. The fourth-order valence-corrected chi connectivity index (χ4v) is 4.74. The third-order valence-electron chi connectivity index (χ3n) is 6.63. The summed E-state index contributed by atoms with van der Waals surface area (Å²) in [5.41, 5.74) is -0.00583. The Kier molecular flexibility index (Phi) is 7.90. The number of anilines is 2. The lowest BCUT2D eigenvalue weighted by Crippen LogP contribution is -2.49. The van der Waals surface area contributed by atoms with Crippen LogP contribution in [0.2, 0.25) is 0 Å². The van der Waals surface area contributed by atoms with Crippen molar-refractivity contribution >= 4 is 11.4 Å². The van der Waals surface area contributed by atoms with Gasteiger partial charge in [-0.2, -0.15) is 26.3 Å². The Hall–Kier alpha value is -3.61. The quantitative estimate of drug-likeness (QED) is 0.305. The Morgan fingerprint density at radius 2 is 1.50 bits per heavy atom. The molecule has 0 saturated heterocycles. The molecule has 4 nitrogen and oxygen atoms in total. The van der Waals surface area contributed by atoms with Crippen LogP contribution in [0.15, 0.2) is 72.8 Å². The zero-order chi connectivity index (χ0) is 29.5. The van der Waals surface area contributed by atoms with E-state index in [4.69, 9.17) is 0 Å². The van der Waals surface area contributed by atoms with Gasteiger partial charge in [0.25, 0.3) is 0 Å². The van der Waals surface area contributed by atoms with E-state index in [9.17, 15) is 44.6 Å². The van der Waals surface area contributed by atoms with Gasteiger partial charge in [0.1, 0.15) is 5.75 Å². The molecule has 1 aliphatic heterocycles. The van der Waals surface area contributed by atoms with E-state index in [1.165, 1.54) is 41.3 Å². The number of nitrogens with zero attached hydrogens (tertiary/aromatic N) is 2. The Bertz CT molecular complexity index is 1320. The lowest BCUT2D eigenvalue weighted by atomic mass is 9.95. The van der Waals surface area contributed by atoms with Crippen LogP contribution in [-0.2, 0) is 6.18 Å². The van der Waals surface area contributed by atoms with Crippen LogP contribution in [0.5, 0.6) is 5.75 Å². The maximum atomic E-state index is 13.5. The molecule has 0 spiro atoms. The first-order valence-corrected chi connectivity index (χ1v) is 11.9. The zero-order valence-electron chi connectivity index (χ0n) is 20.7. The summed E-state index contributed by atoms with van der Waals surface area (Å²) in [5, 5.41) is 9.92. The number of para-hydroxylation sites is 2. The number of hydrogen-bond acceptors (Lipinski definition) is 4. The van der Waals surface area contributed by atoms with Crippen molar-refractivity contribution in [3.63, 3.8) is 0 Å². The number of halogens is 9. The molecule has 0 aliphatic carbocycles. The summed E-state index contributed by atoms with van der Waals surface area (Å²) >= 11 is 0. The highest BCUT2D eigenvalue weighted by Gasteiger charge is 2.43. The van der Waals surface area contributed by atoms with Crippen molar-refractivity contribution in [2.75, 3.05) is 22.9 Å². The fraction of sp³-hybridized carbons (Fsp3) is 0.333. The lowest BCUT2D eigenvalue weighted by molar-refractivity contribution is -0.274. The lowest BCUT2D eigenvalue weighted by Gasteiger charge is -2.47. The monoisotopic (exact) mass is 578 g/mol. The minimum Gasteiger partial charge on any atom is -0.406 e. The van der Waals surface area contributed by atoms with Gasteiger partial charge in [-0.3, -0.25) is 0 Å². The standard InChI is InChI=1S/C27H23F9N2O2/c1-16(17-6-5-9-20(13-17)40-27(34,35)36)37-14-23(18-7-4-8-19(12-18)25(28,29)30)38(15-24(39)26(31,32)33)22-11-3-2-10-21(22)37/h2-13,16,23-24,39H,14-15H2,1H3/t16-,23-,24+/m0/s1. The molecule has 4 rings (SSSR count). The third kappa shape index (κ3) is 6.57. The third-order valence-corrected chi connectivity index (χ3v) is 6.63. The van der Waals surface area contributed by atoms with Crippen molar-refractivity contribution in [1.29, 1.82) is 0 Å². The van der Waals surface area contributed by atoms with E-state index in [-0.39, 0.29) is 17.8 Å². The van der Waals surface area contributed by atoms with E-state index in [1.54, 1.807) is 24.0 Å². The number of alkyl halides is 9. The van der Waals surface area contributed by atoms with E-state index in [1.807, 2.05) is 0 Å². The summed E-state index contributed by atoms with van der Waals surface area (Å²) in [6.45, 7) is 0.542. The van der Waals surface area contributed by atoms with E-state index >= 15 is 0 Å². The summed E-state index contributed by atoms with van der Waals surface area (Å²) in [6.07, 6.45) is -17.4. The second-order valence-electron chi connectivity index (χ2n) is 9.29. The molecule has 216 valence electrons. The van der Waals surface area contributed by atoms with Gasteiger partial charge in [0.2, 0.25) is 0 Å². The molecule has 13 heteroatoms. The van der Waals surface area contributed by atoms with Crippen molar-refractivity contribution < 1.29 is 49.4 Å². The highest BCUT2D eigenvalue weighted by molar-refractivity contribution is 5.75. The van der Waals surface area contributed by atoms with Gasteiger partial charge in [-0.25, -0.2) is 0 Å². The van der Waals surface area contributed by atoms with Crippen LogP contribution < -0.4 is 14.5 Å². The smallest absolute Gasteiger partial charge is 0.406 e. The molecule has 0 radical (unpaired) electrons. The molecule has 1 aliphatic rings. The van der Waals surface area contributed by atoms with Crippen LogP contribution in [0.4, 0.5) is 50.9 Å². The van der Waals surface area contributed by atoms with Gasteiger partial charge in [-0.05, 0) is 54.4 Å². The number of benzene rings is 3. The molecule has 3 atom stereocenters. The van der Waals surface area contributed by atoms with Crippen LogP contribution in [0.3, 0.4) is 0 Å². The highest BCUT2D eigenvalue weighted by atomic mass is 19.4. The van der Waals surface area contributed by atoms with Crippen LogP contribution in [0.1, 0.15) is 35.7 Å². The number of β-amino-alcohol motifs (C(OH)–C–C–N with tert-alkyl or cyclic N) is 1. The fourth-order valence-electron chi connectivity index (χ4n) is 4.74. The predicted molar refractivity (Wildman–Crippen MR) is 129 cm³/mol. The maximum Gasteiger partial charge on any atom is 0.573 e. The van der Waals surface area contributed by atoms with Gasteiger partial charge >= 0.3 is 18.7 Å². The summed E-state index contributed by atoms with van der Waals surface area (Å²) in [7, 11) is 0. The molecule has 3 aromatic rings. The van der Waals surface area contributed by atoms with Gasteiger partial charge in [-0.1, -0.05) is 36.4 Å². The van der Waals surface area contributed by atoms with E-state index in [2.05, 4.69) is 4.74 Å². The minimum atomic E-state index is -4.99. The van der Waals surface area contributed by atoms with Gasteiger partial charge in [0.05, 0.1) is 35.6 Å². The number of hydrogen-bond donors (Lipinski definition) is 1. The predicted octanol–water partition coefficient (Wildman–Crippen LogP) is 7.66. The van der Waals surface area contributed by atoms with Crippen molar-refractivity contribution in [3.05, 3.63) is 89.5 Å². The first-order chi connectivity index (χ1) is 18.5. The molecule has 0 bridgehead atoms. The summed E-state index contributed by atoms with van der Waals surface area (Å²) in [4.78, 5) is 2.89. The molecule has 1 N–H and O–H groups in total. The molecule has 0 fully saturated rings. The first-order valence-electron chi connectivity index (χ1n) is 11.9. The molecule has 40 heavy (non-hydrogen) atoms. The van der Waals surface area contributed by atoms with Crippen molar-refractivity contribution in [2.45, 2.75) is 43.8 Å². The SMILES string of the molecule is C[C@@H](c1cccc(OC(F)(F)F)c1)N1C[C@@H](c2cccc(C(F)(F)F)c2)N(C[C@@H](O)C(F)(F)F)c2ccccc21. The second kappa shape index (κ2) is 10.8. The van der Waals surface area contributed by atoms with Crippen molar-refractivity contribution in [2.24, 2.45) is 0 Å². The average Bonchev–Trinajstić information content (AvgIpc) is 2.86. The molecular weight excluding hydrogens is 555 g/mol. The van der Waals surface area contributed by atoms with Gasteiger partial charge < -0.3 is 19.6 Å². The Labute approximate surface area is 223 Å². The Morgan fingerprint density at radius 1 is 0.850 bits per heavy atom. The van der Waals surface area contributed by atoms with Crippen LogP contribution in [0, 0.1) is 0 Å². The van der Waals surface area contributed by atoms with Gasteiger partial charge in [-0.15, -0.1) is 13.2 Å². The normalized spacial score (nSPS) is 17.8. The Morgan fingerprint density at radius 3 is 2.12 bits per heavy atom. The maximum absolute atomic E-state index is 13.5. The number of aliphatic hydroxyl groups is 1. The summed E-state index contributed by atoms with van der Waals surface area (Å²) in [5.74, 6) is -0.480. The topological polar surface area (TPSA) is 35.9 Å². The Balaban J connectivity index is 1.81. The summed E-state index contributed by atoms with van der Waals surface area (Å²) in [6, 6.07) is 13.7. The molecule has 3 aromatic carbocycles. The number of fused-ring (bicyclic) bond motifs is 1. The largest absolute Gasteiger partial charge is 0.573 e. The molecule has 0 saturated carbocycles. The molecule has 0 amide bonds. The molecule has 1 heterocycles. The summed E-state index contributed by atoms with van der Waals surface area (Å²) < 4.78 is 123. The number of aliphatic hydroxyl groups excluding tert-OH is 1. The van der Waals surface area contributed by atoms with E-state index in [0.29, 0.717) is 11.3 Å². The molecule has 0 aromatic heterocycles. The molecular formula is C27H23F9N2O2. The zero-order valence-corrected chi connectivity index (χ0v) is 20.7. The van der Waals surface area contributed by atoms with Crippen LogP contribution in [0.25, 0.3) is 0 Å². The van der Waals surface area contributed by atoms with Crippen LogP contribution in [-0.4, -0.2) is 36.8 Å². The number of ether oxygens (including phenoxy) is 1. The van der Waals surface area contributed by atoms with Crippen LogP contribution >= 0.6 is 0 Å². The highest BCUT2D eigenvalue weighted by Crippen LogP contribution is 2.46. The van der Waals surface area contributed by atoms with E-state index < -0.39 is 54.8 Å². The van der Waals surface area contributed by atoms with Crippen molar-refractivity contribution in [1.82, 2.24) is 0 Å². The molecule has 0 unspecified atom stereocenters.